The summed E-state index contributed by atoms with van der Waals surface area (Å²) in [5, 5.41) is 2.97. The monoisotopic (exact) mass is 376 g/mol. The molecule has 0 fully saturated rings. The molecule has 1 aromatic heterocycles. The maximum absolute atomic E-state index is 14.2. The normalized spacial score (nSPS) is 13.7. The van der Waals surface area contributed by atoms with Gasteiger partial charge in [0, 0.05) is 11.3 Å². The first kappa shape index (κ1) is 19.5. The van der Waals surface area contributed by atoms with E-state index in [2.05, 4.69) is 5.32 Å². The lowest BCUT2D eigenvalue weighted by molar-refractivity contribution is -0.856. The van der Waals surface area contributed by atoms with Crippen LogP contribution in [0.1, 0.15) is 45.7 Å². The van der Waals surface area contributed by atoms with E-state index in [0.29, 0.717) is 12.2 Å². The van der Waals surface area contributed by atoms with E-state index in [1.165, 1.54) is 28.7 Å². The molecule has 0 saturated carbocycles. The van der Waals surface area contributed by atoms with Gasteiger partial charge >= 0.3 is 0 Å². The second-order valence-corrected chi connectivity index (χ2v) is 7.61. The Hall–Kier alpha value is -2.21. The molecule has 1 aromatic carbocycles. The Balaban J connectivity index is 1.99. The quantitative estimate of drug-likeness (QED) is 0.794. The fourth-order valence-corrected chi connectivity index (χ4v) is 3.89. The molecule has 0 radical (unpaired) electrons. The van der Waals surface area contributed by atoms with Gasteiger partial charge in [-0.1, -0.05) is 6.07 Å². The maximum atomic E-state index is 14.2. The van der Waals surface area contributed by atoms with Crippen molar-refractivity contribution in [1.82, 2.24) is 9.88 Å². The summed E-state index contributed by atoms with van der Waals surface area (Å²) in [5.41, 5.74) is 3.70. The van der Waals surface area contributed by atoms with E-state index >= 15 is 0 Å². The van der Waals surface area contributed by atoms with Crippen LogP contribution in [0.25, 0.3) is 0 Å². The van der Waals surface area contributed by atoms with Gasteiger partial charge in [0.15, 0.2) is 0 Å². The van der Waals surface area contributed by atoms with Crippen molar-refractivity contribution in [2.45, 2.75) is 39.2 Å². The van der Waals surface area contributed by atoms with Crippen LogP contribution in [0.3, 0.4) is 0 Å². The summed E-state index contributed by atoms with van der Waals surface area (Å²) in [4.78, 5) is 14.2. The van der Waals surface area contributed by atoms with Crippen molar-refractivity contribution >= 4 is 5.91 Å². The molecule has 0 atom stereocenters. The van der Waals surface area contributed by atoms with Crippen molar-refractivity contribution in [2.75, 3.05) is 27.2 Å². The Labute approximate surface area is 159 Å². The van der Waals surface area contributed by atoms with Gasteiger partial charge in [0.25, 0.3) is 5.91 Å². The molecule has 27 heavy (non-hydrogen) atoms. The zero-order chi connectivity index (χ0) is 19.6. The van der Waals surface area contributed by atoms with Crippen LogP contribution in [0.4, 0.5) is 8.78 Å². The van der Waals surface area contributed by atoms with Crippen LogP contribution in [0.15, 0.2) is 18.2 Å². The second-order valence-electron chi connectivity index (χ2n) is 7.61. The van der Waals surface area contributed by atoms with Crippen molar-refractivity contribution in [3.63, 3.8) is 0 Å². The smallest absolute Gasteiger partial charge is 0.268 e. The molecular weight excluding hydrogens is 348 g/mol. The number of nitrogens with one attached hydrogen (secondary N) is 2. The van der Waals surface area contributed by atoms with E-state index in [1.54, 1.807) is 0 Å². The number of aromatic nitrogens is 1. The van der Waals surface area contributed by atoms with Crippen molar-refractivity contribution in [3.8, 4) is 0 Å². The number of carbonyl (C=O) groups is 1. The van der Waals surface area contributed by atoms with Crippen LogP contribution >= 0.6 is 0 Å². The van der Waals surface area contributed by atoms with Gasteiger partial charge in [-0.25, -0.2) is 8.78 Å². The third kappa shape index (κ3) is 4.05. The Morgan fingerprint density at radius 2 is 1.85 bits per heavy atom. The highest BCUT2D eigenvalue weighted by Crippen LogP contribution is 2.31. The Morgan fingerprint density at radius 1 is 1.19 bits per heavy atom. The molecule has 1 aliphatic rings. The molecule has 0 unspecified atom stereocenters. The molecule has 0 bridgehead atoms. The molecule has 6 heteroatoms. The molecule has 0 spiro atoms. The Bertz CT molecular complexity index is 822. The lowest BCUT2D eigenvalue weighted by Crippen LogP contribution is -3.06. The Morgan fingerprint density at radius 3 is 2.52 bits per heavy atom. The summed E-state index contributed by atoms with van der Waals surface area (Å²) in [5.74, 6) is -1.32. The first-order chi connectivity index (χ1) is 12.9. The zero-order valence-corrected chi connectivity index (χ0v) is 16.3. The number of amides is 1. The van der Waals surface area contributed by atoms with Crippen molar-refractivity contribution in [3.05, 3.63) is 57.9 Å². The van der Waals surface area contributed by atoms with E-state index in [9.17, 15) is 13.6 Å². The molecule has 2 aromatic rings. The average molecular weight is 376 g/mol. The molecule has 1 amide bonds. The zero-order valence-electron chi connectivity index (χ0n) is 16.3. The van der Waals surface area contributed by atoms with E-state index in [4.69, 9.17) is 0 Å². The first-order valence-corrected chi connectivity index (χ1v) is 9.61. The lowest BCUT2D eigenvalue weighted by Gasteiger charge is -2.18. The van der Waals surface area contributed by atoms with Crippen LogP contribution in [-0.4, -0.2) is 37.7 Å². The number of hydrogen-bond donors (Lipinski definition) is 2. The lowest BCUT2D eigenvalue weighted by atomic mass is 9.95. The number of hydrogen-bond acceptors (Lipinski definition) is 1. The molecular formula is C21H28F2N3O+. The standard InChI is InChI=1S/C21H27F2N3O/c1-14-15-7-4-5-10-19(15)26(13-16-17(22)8-6-9-18(16)23)20(14)21(27)24-11-12-25(2)3/h6,8-9H,4-5,7,10-13H2,1-3H3,(H,24,27)/p+1. The predicted octanol–water partition coefficient (Wildman–Crippen LogP) is 1.88. The number of halogens is 2. The summed E-state index contributed by atoms with van der Waals surface area (Å²) in [6.45, 7) is 3.36. The first-order valence-electron chi connectivity index (χ1n) is 9.61. The van der Waals surface area contributed by atoms with Crippen LogP contribution in [-0.2, 0) is 19.4 Å². The van der Waals surface area contributed by atoms with Gasteiger partial charge in [0.05, 0.1) is 33.7 Å². The maximum Gasteiger partial charge on any atom is 0.268 e. The summed E-state index contributed by atoms with van der Waals surface area (Å²) >= 11 is 0. The minimum absolute atomic E-state index is 0.00709. The number of benzene rings is 1. The van der Waals surface area contributed by atoms with Crippen LogP contribution < -0.4 is 10.2 Å². The van der Waals surface area contributed by atoms with Crippen molar-refractivity contribution < 1.29 is 18.5 Å². The number of likely N-dealkylation sites (N-methyl/N-ethyl adjacent to an activating group) is 1. The minimum atomic E-state index is -0.575. The van der Waals surface area contributed by atoms with Crippen LogP contribution in [0.5, 0.6) is 0 Å². The predicted molar refractivity (Wildman–Crippen MR) is 101 cm³/mol. The highest BCUT2D eigenvalue weighted by molar-refractivity contribution is 5.95. The van der Waals surface area contributed by atoms with E-state index in [0.717, 1.165) is 43.5 Å². The van der Waals surface area contributed by atoms with Gasteiger partial charge in [-0.15, -0.1) is 0 Å². The summed E-state index contributed by atoms with van der Waals surface area (Å²) < 4.78 is 30.3. The van der Waals surface area contributed by atoms with Gasteiger partial charge in [-0.2, -0.15) is 0 Å². The molecule has 4 nitrogen and oxygen atoms in total. The second kappa shape index (κ2) is 8.21. The van der Waals surface area contributed by atoms with Crippen molar-refractivity contribution in [2.24, 2.45) is 0 Å². The molecule has 3 rings (SSSR count). The largest absolute Gasteiger partial charge is 0.345 e. The number of nitrogens with zero attached hydrogens (tertiary/aromatic N) is 1. The number of rotatable bonds is 6. The van der Waals surface area contributed by atoms with Gasteiger partial charge in [0.2, 0.25) is 0 Å². The van der Waals surface area contributed by atoms with Gasteiger partial charge in [-0.3, -0.25) is 4.79 Å². The van der Waals surface area contributed by atoms with Gasteiger partial charge in [0.1, 0.15) is 17.3 Å². The Kier molecular flexibility index (Phi) is 5.95. The SMILES string of the molecule is Cc1c2c(n(Cc3c(F)cccc3F)c1C(=O)NCC[NH+](C)C)CCCC2. The highest BCUT2D eigenvalue weighted by Gasteiger charge is 2.27. The van der Waals surface area contributed by atoms with Gasteiger partial charge < -0.3 is 14.8 Å². The molecule has 1 heterocycles. The fourth-order valence-electron chi connectivity index (χ4n) is 3.89. The third-order valence-electron chi connectivity index (χ3n) is 5.35. The summed E-state index contributed by atoms with van der Waals surface area (Å²) in [6.07, 6.45) is 3.86. The summed E-state index contributed by atoms with van der Waals surface area (Å²) in [7, 11) is 4.06. The number of fused-ring (bicyclic) bond motifs is 1. The average Bonchev–Trinajstić information content (AvgIpc) is 2.90. The summed E-state index contributed by atoms with van der Waals surface area (Å²) in [6, 6.07) is 3.89. The molecule has 146 valence electrons. The molecule has 2 N–H and O–H groups in total. The molecule has 0 saturated heterocycles. The van der Waals surface area contributed by atoms with Gasteiger partial charge in [-0.05, 0) is 55.9 Å². The number of quaternary nitrogens is 1. The molecule has 0 aliphatic heterocycles. The third-order valence-corrected chi connectivity index (χ3v) is 5.35. The van der Waals surface area contributed by atoms with Crippen LogP contribution in [0, 0.1) is 18.6 Å². The fraction of sp³-hybridized carbons (Fsp3) is 0.476. The van der Waals surface area contributed by atoms with Crippen LogP contribution in [0.2, 0.25) is 0 Å². The minimum Gasteiger partial charge on any atom is -0.345 e. The molecule has 1 aliphatic carbocycles. The van der Waals surface area contributed by atoms with E-state index in [-0.39, 0.29) is 18.0 Å². The topological polar surface area (TPSA) is 38.5 Å². The van der Waals surface area contributed by atoms with E-state index in [1.807, 2.05) is 25.6 Å². The van der Waals surface area contributed by atoms with Crippen molar-refractivity contribution in [1.29, 1.82) is 0 Å². The highest BCUT2D eigenvalue weighted by atomic mass is 19.1. The number of carbonyl (C=O) groups excluding carboxylic acids is 1. The van der Waals surface area contributed by atoms with E-state index < -0.39 is 11.6 Å².